The second kappa shape index (κ2) is 6.48. The van der Waals surface area contributed by atoms with E-state index in [1.54, 1.807) is 0 Å². The number of amides is 1. The van der Waals surface area contributed by atoms with Gasteiger partial charge < -0.3 is 5.32 Å². The van der Waals surface area contributed by atoms with E-state index < -0.39 is 23.2 Å². The molecule has 1 N–H and O–H groups in total. The highest BCUT2D eigenvalue weighted by atomic mass is 35.5. The number of benzene rings is 1. The van der Waals surface area contributed by atoms with Crippen molar-refractivity contribution in [1.29, 1.82) is 0 Å². The Morgan fingerprint density at radius 3 is 2.50 bits per heavy atom. The van der Waals surface area contributed by atoms with Gasteiger partial charge in [-0.1, -0.05) is 13.0 Å². The van der Waals surface area contributed by atoms with Gasteiger partial charge in [-0.2, -0.15) is 13.2 Å². The summed E-state index contributed by atoms with van der Waals surface area (Å²) in [6.07, 6.45) is -3.26. The number of nitrogens with one attached hydrogen (secondary N) is 1. The van der Waals surface area contributed by atoms with Crippen molar-refractivity contribution in [3.8, 4) is 0 Å². The van der Waals surface area contributed by atoms with Crippen molar-refractivity contribution >= 4 is 17.5 Å². The molecule has 0 aliphatic carbocycles. The molecule has 1 unspecified atom stereocenters. The van der Waals surface area contributed by atoms with Crippen LogP contribution in [0.25, 0.3) is 0 Å². The van der Waals surface area contributed by atoms with Gasteiger partial charge in [0.2, 0.25) is 0 Å². The van der Waals surface area contributed by atoms with E-state index in [1.165, 1.54) is 12.1 Å². The third-order valence-corrected chi connectivity index (χ3v) is 3.48. The third-order valence-electron chi connectivity index (χ3n) is 3.29. The highest BCUT2D eigenvalue weighted by Crippen LogP contribution is 2.29. The van der Waals surface area contributed by atoms with E-state index in [4.69, 9.17) is 11.6 Å². The molecule has 0 bridgehead atoms. The summed E-state index contributed by atoms with van der Waals surface area (Å²) in [5.41, 5.74) is -1.36. The molecule has 1 aromatic carbocycles. The SMILES string of the molecule is CCC(C)(CCCl)NC(=O)c1cccc(C(F)(F)F)c1. The molecular formula is C14H17ClF3NO. The molecule has 0 spiro atoms. The topological polar surface area (TPSA) is 29.1 Å². The summed E-state index contributed by atoms with van der Waals surface area (Å²) >= 11 is 5.68. The summed E-state index contributed by atoms with van der Waals surface area (Å²) in [5, 5.41) is 2.75. The van der Waals surface area contributed by atoms with Crippen LogP contribution in [0, 0.1) is 0 Å². The van der Waals surface area contributed by atoms with E-state index in [0.29, 0.717) is 18.7 Å². The molecule has 1 rings (SSSR count). The van der Waals surface area contributed by atoms with Gasteiger partial charge in [-0.3, -0.25) is 4.79 Å². The summed E-state index contributed by atoms with van der Waals surface area (Å²) in [5.74, 6) is -0.154. The minimum Gasteiger partial charge on any atom is -0.347 e. The van der Waals surface area contributed by atoms with Crippen LogP contribution >= 0.6 is 11.6 Å². The van der Waals surface area contributed by atoms with Gasteiger partial charge in [0, 0.05) is 17.0 Å². The molecule has 0 aliphatic heterocycles. The molecular weight excluding hydrogens is 291 g/mol. The van der Waals surface area contributed by atoms with Crippen LogP contribution in [0.2, 0.25) is 0 Å². The lowest BCUT2D eigenvalue weighted by Gasteiger charge is -2.29. The summed E-state index contributed by atoms with van der Waals surface area (Å²) in [4.78, 5) is 12.1. The van der Waals surface area contributed by atoms with E-state index in [1.807, 2.05) is 13.8 Å². The molecule has 1 atom stereocenters. The number of halogens is 4. The van der Waals surface area contributed by atoms with Crippen LogP contribution in [-0.2, 0) is 6.18 Å². The Bertz CT molecular complexity index is 476. The second-order valence-corrected chi connectivity index (χ2v) is 5.26. The van der Waals surface area contributed by atoms with Crippen LogP contribution in [0.5, 0.6) is 0 Å². The standard InChI is InChI=1S/C14H17ClF3NO/c1-3-13(2,7-8-15)19-12(20)10-5-4-6-11(9-10)14(16,17)18/h4-6,9H,3,7-8H2,1-2H3,(H,19,20). The van der Waals surface area contributed by atoms with Gasteiger partial charge in [-0.15, -0.1) is 11.6 Å². The predicted molar refractivity (Wildman–Crippen MR) is 72.9 cm³/mol. The van der Waals surface area contributed by atoms with E-state index >= 15 is 0 Å². The normalized spacial score (nSPS) is 14.7. The number of carbonyl (C=O) groups is 1. The molecule has 20 heavy (non-hydrogen) atoms. The summed E-state index contributed by atoms with van der Waals surface area (Å²) in [6.45, 7) is 3.71. The van der Waals surface area contributed by atoms with Crippen LogP contribution in [0.3, 0.4) is 0 Å². The average Bonchev–Trinajstić information content (AvgIpc) is 2.38. The maximum atomic E-state index is 12.6. The van der Waals surface area contributed by atoms with Crippen molar-refractivity contribution < 1.29 is 18.0 Å². The van der Waals surface area contributed by atoms with E-state index in [9.17, 15) is 18.0 Å². The van der Waals surface area contributed by atoms with Crippen LogP contribution in [0.1, 0.15) is 42.6 Å². The fourth-order valence-corrected chi connectivity index (χ4v) is 2.14. The molecule has 1 aromatic rings. The Labute approximate surface area is 121 Å². The van der Waals surface area contributed by atoms with Crippen molar-refractivity contribution in [2.45, 2.75) is 38.4 Å². The van der Waals surface area contributed by atoms with Crippen LogP contribution in [-0.4, -0.2) is 17.3 Å². The highest BCUT2D eigenvalue weighted by Gasteiger charge is 2.31. The van der Waals surface area contributed by atoms with Gasteiger partial charge in [-0.25, -0.2) is 0 Å². The van der Waals surface area contributed by atoms with Gasteiger partial charge in [0.1, 0.15) is 0 Å². The van der Waals surface area contributed by atoms with Crippen molar-refractivity contribution in [3.63, 3.8) is 0 Å². The predicted octanol–water partition coefficient (Wildman–Crippen LogP) is 4.23. The maximum absolute atomic E-state index is 12.6. The van der Waals surface area contributed by atoms with Crippen LogP contribution in [0.4, 0.5) is 13.2 Å². The number of hydrogen-bond donors (Lipinski definition) is 1. The first-order valence-electron chi connectivity index (χ1n) is 6.27. The monoisotopic (exact) mass is 307 g/mol. The molecule has 0 aromatic heterocycles. The first-order valence-corrected chi connectivity index (χ1v) is 6.81. The molecule has 0 radical (unpaired) electrons. The number of rotatable bonds is 5. The zero-order valence-corrected chi connectivity index (χ0v) is 12.1. The van der Waals surface area contributed by atoms with Gasteiger partial charge >= 0.3 is 6.18 Å². The Hall–Kier alpha value is -1.23. The van der Waals surface area contributed by atoms with Crippen LogP contribution < -0.4 is 5.32 Å². The molecule has 0 fully saturated rings. The zero-order chi connectivity index (χ0) is 15.4. The zero-order valence-electron chi connectivity index (χ0n) is 11.4. The van der Waals surface area contributed by atoms with Crippen molar-refractivity contribution in [3.05, 3.63) is 35.4 Å². The Morgan fingerprint density at radius 2 is 2.00 bits per heavy atom. The number of alkyl halides is 4. The summed E-state index contributed by atoms with van der Waals surface area (Å²) < 4.78 is 37.8. The maximum Gasteiger partial charge on any atom is 0.416 e. The van der Waals surface area contributed by atoms with Crippen molar-refractivity contribution in [2.24, 2.45) is 0 Å². The fourth-order valence-electron chi connectivity index (χ4n) is 1.72. The second-order valence-electron chi connectivity index (χ2n) is 4.89. The Morgan fingerprint density at radius 1 is 1.35 bits per heavy atom. The lowest BCUT2D eigenvalue weighted by molar-refractivity contribution is -0.137. The molecule has 6 heteroatoms. The van der Waals surface area contributed by atoms with Gasteiger partial charge in [0.25, 0.3) is 5.91 Å². The molecule has 0 heterocycles. The van der Waals surface area contributed by atoms with E-state index in [2.05, 4.69) is 5.32 Å². The lowest BCUT2D eigenvalue weighted by atomic mass is 9.95. The van der Waals surface area contributed by atoms with Crippen molar-refractivity contribution in [1.82, 2.24) is 5.32 Å². The fraction of sp³-hybridized carbons (Fsp3) is 0.500. The minimum absolute atomic E-state index is 0.00549. The molecule has 0 saturated heterocycles. The molecule has 1 amide bonds. The Balaban J connectivity index is 2.93. The molecule has 2 nitrogen and oxygen atoms in total. The first kappa shape index (κ1) is 16.8. The number of carbonyl (C=O) groups excluding carboxylic acids is 1. The lowest BCUT2D eigenvalue weighted by Crippen LogP contribution is -2.45. The minimum atomic E-state index is -4.46. The largest absolute Gasteiger partial charge is 0.416 e. The molecule has 112 valence electrons. The summed E-state index contributed by atoms with van der Waals surface area (Å²) in [6, 6.07) is 4.38. The smallest absolute Gasteiger partial charge is 0.347 e. The Kier molecular flexibility index (Phi) is 5.45. The highest BCUT2D eigenvalue weighted by molar-refractivity contribution is 6.17. The third kappa shape index (κ3) is 4.40. The van der Waals surface area contributed by atoms with Gasteiger partial charge in [0.15, 0.2) is 0 Å². The molecule has 0 saturated carbocycles. The summed E-state index contributed by atoms with van der Waals surface area (Å²) in [7, 11) is 0. The van der Waals surface area contributed by atoms with E-state index in [-0.39, 0.29) is 5.56 Å². The quantitative estimate of drug-likeness (QED) is 0.810. The number of hydrogen-bond acceptors (Lipinski definition) is 1. The van der Waals surface area contributed by atoms with Crippen LogP contribution in [0.15, 0.2) is 24.3 Å². The van der Waals surface area contributed by atoms with Gasteiger partial charge in [0.05, 0.1) is 5.56 Å². The van der Waals surface area contributed by atoms with E-state index in [0.717, 1.165) is 12.1 Å². The average molecular weight is 308 g/mol. The molecule has 0 aliphatic rings. The van der Waals surface area contributed by atoms with Gasteiger partial charge in [-0.05, 0) is 38.0 Å². The first-order chi connectivity index (χ1) is 9.22. The van der Waals surface area contributed by atoms with Crippen molar-refractivity contribution in [2.75, 3.05) is 5.88 Å².